The van der Waals surface area contributed by atoms with Crippen LogP contribution in [0.2, 0.25) is 0 Å². The van der Waals surface area contributed by atoms with E-state index in [2.05, 4.69) is 49.1 Å². The van der Waals surface area contributed by atoms with Crippen LogP contribution in [0.5, 0.6) is 0 Å². The summed E-state index contributed by atoms with van der Waals surface area (Å²) in [5, 5.41) is 17.0. The second-order valence-corrected chi connectivity index (χ2v) is 21.1. The monoisotopic (exact) mass is 955 g/mol. The van der Waals surface area contributed by atoms with Gasteiger partial charge in [-0.15, -0.1) is 12.6 Å². The van der Waals surface area contributed by atoms with Gasteiger partial charge in [-0.3, -0.25) is 38.8 Å². The third kappa shape index (κ3) is 13.9. The molecule has 16 nitrogen and oxygen atoms in total. The van der Waals surface area contributed by atoms with Gasteiger partial charge >= 0.3 is 0 Å². The van der Waals surface area contributed by atoms with Crippen molar-refractivity contribution < 1.29 is 28.8 Å². The summed E-state index contributed by atoms with van der Waals surface area (Å²) in [6, 6.07) is 13.9. The summed E-state index contributed by atoms with van der Waals surface area (Å²) < 4.78 is 0. The normalized spacial score (nSPS) is 22.9. The number of nitrogens with zero attached hydrogens (tertiary/aromatic N) is 5. The average Bonchev–Trinajstić information content (AvgIpc) is 3.69. The maximum Gasteiger partial charge on any atom is 0.244 e. The molecule has 2 fully saturated rings. The van der Waals surface area contributed by atoms with E-state index in [1.54, 1.807) is 9.80 Å². The summed E-state index contributed by atoms with van der Waals surface area (Å²) in [7, 11) is 0. The highest BCUT2D eigenvalue weighted by molar-refractivity contribution is 7.83. The summed E-state index contributed by atoms with van der Waals surface area (Å²) >= 11 is 4.13. The van der Waals surface area contributed by atoms with Crippen LogP contribution in [0.15, 0.2) is 82.3 Å². The second kappa shape index (κ2) is 23.5. The van der Waals surface area contributed by atoms with Crippen LogP contribution in [0.3, 0.4) is 0 Å². The van der Waals surface area contributed by atoms with E-state index in [9.17, 15) is 24.0 Å². The van der Waals surface area contributed by atoms with Crippen LogP contribution in [0.25, 0.3) is 0 Å². The minimum Gasteiger partial charge on any atom is -0.368 e. The van der Waals surface area contributed by atoms with E-state index in [1.165, 1.54) is 17.8 Å². The molecule has 0 saturated carbocycles. The summed E-state index contributed by atoms with van der Waals surface area (Å²) in [6.45, 7) is 21.2. The van der Waals surface area contributed by atoms with Gasteiger partial charge in [0.1, 0.15) is 36.5 Å². The van der Waals surface area contributed by atoms with Crippen LogP contribution in [-0.4, -0.2) is 133 Å². The van der Waals surface area contributed by atoms with Crippen molar-refractivity contribution in [2.45, 2.75) is 124 Å². The molecule has 3 aliphatic rings. The molecule has 5 N–H and O–H groups in total. The molecule has 0 radical (unpaired) electrons. The largest absolute Gasteiger partial charge is 0.368 e. The number of nitrogens with one attached hydrogen (secondary N) is 5. The van der Waals surface area contributed by atoms with Crippen molar-refractivity contribution in [3.63, 3.8) is 0 Å². The maximum atomic E-state index is 15.0. The third-order valence-electron chi connectivity index (χ3n) is 13.1. The van der Waals surface area contributed by atoms with Crippen molar-refractivity contribution >= 4 is 65.8 Å². The lowest BCUT2D eigenvalue weighted by molar-refractivity contribution is -0.140. The molecule has 5 rings (SSSR count). The molecule has 68 heavy (non-hydrogen) atoms. The number of carbonyl (C=O) groups is 6. The smallest absolute Gasteiger partial charge is 0.244 e. The second-order valence-electron chi connectivity index (χ2n) is 20.8. The Kier molecular flexibility index (Phi) is 18.4. The van der Waals surface area contributed by atoms with Gasteiger partial charge in [0.25, 0.3) is 0 Å². The van der Waals surface area contributed by atoms with Crippen LogP contribution in [-0.2, 0) is 28.8 Å². The number of para-hydroxylation sites is 1. The van der Waals surface area contributed by atoms with Gasteiger partial charge in [0.2, 0.25) is 35.4 Å². The van der Waals surface area contributed by atoms with Gasteiger partial charge in [-0.1, -0.05) is 118 Å². The zero-order chi connectivity index (χ0) is 49.9. The van der Waals surface area contributed by atoms with Crippen molar-refractivity contribution in [2.75, 3.05) is 44.2 Å². The van der Waals surface area contributed by atoms with Gasteiger partial charge in [-0.05, 0) is 52.2 Å². The number of piperazine rings is 1. The average molecular weight is 955 g/mol. The Morgan fingerprint density at radius 1 is 0.853 bits per heavy atom. The van der Waals surface area contributed by atoms with Crippen molar-refractivity contribution in [1.82, 2.24) is 36.4 Å². The van der Waals surface area contributed by atoms with Gasteiger partial charge in [-0.25, -0.2) is 0 Å². The number of thiol groups is 1. The lowest BCUT2D eigenvalue weighted by atomic mass is 9.82. The first-order chi connectivity index (χ1) is 32.1. The van der Waals surface area contributed by atoms with Crippen molar-refractivity contribution in [1.29, 1.82) is 0 Å². The van der Waals surface area contributed by atoms with E-state index in [-0.39, 0.29) is 48.4 Å². The standard InChI is InChI=1S/C51H74N10O6S/c1-32(2)40-46(64)58-43(50(5,6)7)45(53-31-39(63)61-23-21-33(3)42(61)48(66)55-40)57-44(51(8,9)10)49(67)56-41(34(4)35-17-13-11-14-18-35)47(65)54-36(30-52-22-28-68)29-38(62)60-26-24-59(25-27-60)37-19-15-12-16-20-37/h11-20,22,28,30,32-34,36,40-44,68H,21,23-27,29,31H2,1-10H3,(H,53,57)(H,54,65)(H,55,66)(H,56,67)(H,58,64)/b28-22-,52-30?/t33-,34+,36-,40+,41?,42+,43?,44?/m1/s1. The van der Waals surface area contributed by atoms with E-state index in [1.807, 2.05) is 130 Å². The van der Waals surface area contributed by atoms with Crippen LogP contribution in [0, 0.1) is 22.7 Å². The molecule has 8 atom stereocenters. The first-order valence-electron chi connectivity index (χ1n) is 23.9. The third-order valence-corrected chi connectivity index (χ3v) is 13.2. The zero-order valence-corrected chi connectivity index (χ0v) is 42.4. The van der Waals surface area contributed by atoms with Gasteiger partial charge < -0.3 is 41.3 Å². The molecule has 17 heteroatoms. The Labute approximate surface area is 408 Å². The predicted molar refractivity (Wildman–Crippen MR) is 271 cm³/mol. The molecular weight excluding hydrogens is 881 g/mol. The molecule has 0 aliphatic carbocycles. The fraction of sp³-hybridized carbons (Fsp3) is 0.569. The molecule has 3 heterocycles. The minimum atomic E-state index is -1.14. The van der Waals surface area contributed by atoms with Crippen LogP contribution >= 0.6 is 12.6 Å². The Bertz CT molecular complexity index is 2160. The summed E-state index contributed by atoms with van der Waals surface area (Å²) in [5.74, 6) is -3.12. The molecule has 0 bridgehead atoms. The van der Waals surface area contributed by atoms with E-state index < -0.39 is 70.7 Å². The molecular formula is C51H74N10O6S. The van der Waals surface area contributed by atoms with E-state index in [0.717, 1.165) is 11.3 Å². The van der Waals surface area contributed by atoms with E-state index in [0.29, 0.717) is 39.1 Å². The molecule has 0 aromatic heterocycles. The zero-order valence-electron chi connectivity index (χ0n) is 41.5. The Morgan fingerprint density at radius 3 is 2.07 bits per heavy atom. The molecule has 6 amide bonds. The number of fused-ring (bicyclic) bond motifs is 1. The number of hydrogen-bond donors (Lipinski definition) is 6. The highest BCUT2D eigenvalue weighted by atomic mass is 32.1. The molecule has 0 spiro atoms. The fourth-order valence-electron chi connectivity index (χ4n) is 8.99. The highest BCUT2D eigenvalue weighted by Gasteiger charge is 2.44. The Balaban J connectivity index is 1.45. The number of amides is 6. The molecule has 370 valence electrons. The minimum absolute atomic E-state index is 0.0650. The van der Waals surface area contributed by atoms with E-state index >= 15 is 4.79 Å². The van der Waals surface area contributed by atoms with Crippen LogP contribution in [0.1, 0.15) is 93.6 Å². The Hall–Kier alpha value is -5.71. The SMILES string of the molecule is CC(C)[C@@H]1NC(=O)[C@@H]2[C@H](C)CCN2C(=O)CN=C(NC(C(=O)NC(C(=O)N[C@@H](C=N/C=C\S)CC(=O)N2CCN(c3ccccc3)CC2)[C@@H](C)c2ccccc2)C(C)(C)C)C(C(C)(C)C)NC1=O. The maximum absolute atomic E-state index is 15.0. The Morgan fingerprint density at radius 2 is 1.49 bits per heavy atom. The number of hydrogen-bond acceptors (Lipinski definition) is 11. The molecule has 3 aliphatic heterocycles. The van der Waals surface area contributed by atoms with Gasteiger partial charge in [0.05, 0.1) is 18.5 Å². The molecule has 2 aromatic rings. The summed E-state index contributed by atoms with van der Waals surface area (Å²) in [4.78, 5) is 100. The molecule has 2 aromatic carbocycles. The molecule has 3 unspecified atom stereocenters. The predicted octanol–water partition coefficient (Wildman–Crippen LogP) is 4.30. The number of benzene rings is 2. The van der Waals surface area contributed by atoms with Crippen LogP contribution in [0.4, 0.5) is 5.69 Å². The van der Waals surface area contributed by atoms with Crippen LogP contribution < -0.4 is 31.5 Å². The first-order valence-corrected chi connectivity index (χ1v) is 24.4. The fourth-order valence-corrected chi connectivity index (χ4v) is 9.07. The van der Waals surface area contributed by atoms with Crippen molar-refractivity contribution in [2.24, 2.45) is 32.7 Å². The number of carbonyl (C=O) groups excluding carboxylic acids is 6. The van der Waals surface area contributed by atoms with Gasteiger partial charge in [-0.2, -0.15) is 0 Å². The topological polar surface area (TPSA) is 197 Å². The van der Waals surface area contributed by atoms with E-state index in [4.69, 9.17) is 4.99 Å². The van der Waals surface area contributed by atoms with Gasteiger partial charge in [0, 0.05) is 56.7 Å². The highest BCUT2D eigenvalue weighted by Crippen LogP contribution is 2.28. The number of aliphatic imine (C=N–C) groups is 2. The first kappa shape index (κ1) is 53.2. The lowest BCUT2D eigenvalue weighted by Crippen LogP contribution is -2.65. The number of rotatable bonds is 13. The number of anilines is 1. The molecule has 2 saturated heterocycles. The lowest BCUT2D eigenvalue weighted by Gasteiger charge is -2.39. The van der Waals surface area contributed by atoms with Crippen molar-refractivity contribution in [3.8, 4) is 0 Å². The number of amidine groups is 1. The quantitative estimate of drug-likeness (QED) is 0.126. The summed E-state index contributed by atoms with van der Waals surface area (Å²) in [6.07, 6.45) is 3.50. The summed E-state index contributed by atoms with van der Waals surface area (Å²) in [5.41, 5.74) is 0.359. The van der Waals surface area contributed by atoms with Gasteiger partial charge in [0.15, 0.2) is 0 Å². The van der Waals surface area contributed by atoms with Crippen molar-refractivity contribution in [3.05, 3.63) is 77.8 Å².